The van der Waals surface area contributed by atoms with Gasteiger partial charge in [0.25, 0.3) is 0 Å². The molecule has 8 nitrogen and oxygen atoms in total. The first-order valence-electron chi connectivity index (χ1n) is 10.5. The van der Waals surface area contributed by atoms with Crippen molar-refractivity contribution in [1.82, 2.24) is 14.1 Å². The third kappa shape index (κ3) is 4.44. The Bertz CT molecular complexity index is 1080. The fourth-order valence-corrected chi connectivity index (χ4v) is 6.18. The van der Waals surface area contributed by atoms with Crippen LogP contribution in [-0.2, 0) is 27.8 Å². The van der Waals surface area contributed by atoms with Gasteiger partial charge in [-0.25, -0.2) is 8.42 Å². The van der Waals surface area contributed by atoms with Gasteiger partial charge in [0.15, 0.2) is 0 Å². The van der Waals surface area contributed by atoms with Crippen LogP contribution in [0.4, 0.5) is 0 Å². The number of carbonyl (C=O) groups is 1. The van der Waals surface area contributed by atoms with Gasteiger partial charge in [-0.3, -0.25) is 9.48 Å². The second-order valence-corrected chi connectivity index (χ2v) is 10.5. The first-order chi connectivity index (χ1) is 14.8. The molecule has 0 saturated heterocycles. The van der Waals surface area contributed by atoms with Crippen LogP contribution in [0.25, 0.3) is 0 Å². The molecule has 0 bridgehead atoms. The van der Waals surface area contributed by atoms with E-state index in [-0.39, 0.29) is 22.6 Å². The fourth-order valence-electron chi connectivity index (χ4n) is 4.49. The number of hydrogen-bond acceptors (Lipinski definition) is 5. The molecule has 1 aromatic heterocycles. The first-order valence-corrected chi connectivity index (χ1v) is 12.3. The van der Waals surface area contributed by atoms with E-state index in [4.69, 9.17) is 21.4 Å². The van der Waals surface area contributed by atoms with Crippen LogP contribution in [0.2, 0.25) is 5.02 Å². The summed E-state index contributed by atoms with van der Waals surface area (Å²) in [6.45, 7) is -0.240. The van der Waals surface area contributed by atoms with Gasteiger partial charge in [0.05, 0.1) is 28.3 Å². The molecule has 10 heteroatoms. The Morgan fingerprint density at radius 2 is 2.03 bits per heavy atom. The van der Waals surface area contributed by atoms with Crippen molar-refractivity contribution in [3.8, 4) is 5.75 Å². The maximum Gasteiger partial charge on any atom is 0.325 e. The summed E-state index contributed by atoms with van der Waals surface area (Å²) in [4.78, 5) is 11.2. The largest absolute Gasteiger partial charge is 0.489 e. The molecule has 168 valence electrons. The van der Waals surface area contributed by atoms with E-state index in [2.05, 4.69) is 5.10 Å². The Kier molecular flexibility index (Phi) is 6.27. The molecule has 1 N–H and O–H groups in total. The average Bonchev–Trinajstić information content (AvgIpc) is 3.38. The van der Waals surface area contributed by atoms with Gasteiger partial charge in [-0.15, -0.1) is 0 Å². The van der Waals surface area contributed by atoms with E-state index < -0.39 is 22.0 Å². The number of carboxylic acid groups (broad SMARTS) is 1. The molecule has 0 radical (unpaired) electrons. The Hall–Kier alpha value is -2.10. The smallest absolute Gasteiger partial charge is 0.325 e. The summed E-state index contributed by atoms with van der Waals surface area (Å²) in [5.41, 5.74) is 1.53. The van der Waals surface area contributed by atoms with Crippen LogP contribution < -0.4 is 4.74 Å². The Morgan fingerprint density at radius 3 is 2.71 bits per heavy atom. The highest BCUT2D eigenvalue weighted by Gasteiger charge is 2.34. The number of sulfonamides is 1. The standard InChI is InChI=1S/C21H26ClN3O5S/c1-24(18-7-4-8-19-16(18)12-23-25(19)13-21(26)27)31(28,29)15-9-10-20(17(22)11-15)30-14-5-2-3-6-14/h9-12,14,18H,2-8,13H2,1H3,(H,26,27)/t18-/m1/s1. The molecule has 31 heavy (non-hydrogen) atoms. The number of fused-ring (bicyclic) bond motifs is 1. The third-order valence-corrected chi connectivity index (χ3v) is 8.29. The molecule has 2 aliphatic rings. The SMILES string of the molecule is CN([C@@H]1CCCc2c1cnn2CC(=O)O)S(=O)(=O)c1ccc(OC2CCCC2)c(Cl)c1. The number of halogens is 1. The highest BCUT2D eigenvalue weighted by molar-refractivity contribution is 7.89. The molecular formula is C21H26ClN3O5S. The minimum atomic E-state index is -3.82. The molecule has 0 unspecified atom stereocenters. The van der Waals surface area contributed by atoms with Crippen molar-refractivity contribution in [2.45, 2.75) is 68.5 Å². The van der Waals surface area contributed by atoms with Crippen LogP contribution in [0.5, 0.6) is 5.75 Å². The number of nitrogens with zero attached hydrogens (tertiary/aromatic N) is 3. The van der Waals surface area contributed by atoms with Gasteiger partial charge >= 0.3 is 5.97 Å². The van der Waals surface area contributed by atoms with Gasteiger partial charge in [-0.05, 0) is 63.1 Å². The topological polar surface area (TPSA) is 102 Å². The molecule has 1 heterocycles. The summed E-state index contributed by atoms with van der Waals surface area (Å²) in [6.07, 6.45) is 8.00. The first kappa shape index (κ1) is 22.1. The van der Waals surface area contributed by atoms with Crippen molar-refractivity contribution in [3.63, 3.8) is 0 Å². The molecule has 1 fully saturated rings. The van der Waals surface area contributed by atoms with Gasteiger partial charge in [-0.1, -0.05) is 11.6 Å². The molecule has 1 atom stereocenters. The molecule has 0 amide bonds. The second-order valence-electron chi connectivity index (χ2n) is 8.14. The lowest BCUT2D eigenvalue weighted by molar-refractivity contribution is -0.137. The van der Waals surface area contributed by atoms with E-state index in [9.17, 15) is 13.2 Å². The van der Waals surface area contributed by atoms with Crippen molar-refractivity contribution in [2.75, 3.05) is 7.05 Å². The predicted molar refractivity (Wildman–Crippen MR) is 115 cm³/mol. The van der Waals surface area contributed by atoms with E-state index in [1.165, 1.54) is 21.1 Å². The Morgan fingerprint density at radius 1 is 1.29 bits per heavy atom. The second kappa shape index (κ2) is 8.80. The van der Waals surface area contributed by atoms with Gasteiger partial charge in [0.1, 0.15) is 12.3 Å². The number of ether oxygens (including phenoxy) is 1. The maximum absolute atomic E-state index is 13.3. The summed E-state index contributed by atoms with van der Waals surface area (Å²) >= 11 is 6.36. The van der Waals surface area contributed by atoms with E-state index in [1.54, 1.807) is 19.3 Å². The van der Waals surface area contributed by atoms with Crippen LogP contribution in [0, 0.1) is 0 Å². The molecule has 2 aliphatic carbocycles. The average molecular weight is 468 g/mol. The lowest BCUT2D eigenvalue weighted by Crippen LogP contribution is -2.33. The third-order valence-electron chi connectivity index (χ3n) is 6.13. The van der Waals surface area contributed by atoms with Gasteiger partial charge < -0.3 is 9.84 Å². The number of rotatable bonds is 7. The Labute approximate surface area is 186 Å². The summed E-state index contributed by atoms with van der Waals surface area (Å²) in [6, 6.07) is 4.18. The van der Waals surface area contributed by atoms with Crippen molar-refractivity contribution in [2.24, 2.45) is 0 Å². The van der Waals surface area contributed by atoms with E-state index in [0.717, 1.165) is 43.4 Å². The number of aromatic nitrogens is 2. The number of carboxylic acids is 1. The quantitative estimate of drug-likeness (QED) is 0.667. The lowest BCUT2D eigenvalue weighted by atomic mass is 9.93. The summed E-state index contributed by atoms with van der Waals surface area (Å²) < 4.78 is 35.4. The minimum Gasteiger partial charge on any atom is -0.489 e. The van der Waals surface area contributed by atoms with Crippen LogP contribution in [0.3, 0.4) is 0 Å². The van der Waals surface area contributed by atoms with Crippen molar-refractivity contribution in [1.29, 1.82) is 0 Å². The predicted octanol–water partition coefficient (Wildman–Crippen LogP) is 3.64. The zero-order chi connectivity index (χ0) is 22.2. The number of aliphatic carboxylic acids is 1. The molecule has 0 aliphatic heterocycles. The van der Waals surface area contributed by atoms with Crippen LogP contribution in [0.15, 0.2) is 29.3 Å². The lowest BCUT2D eigenvalue weighted by Gasteiger charge is -2.31. The highest BCUT2D eigenvalue weighted by atomic mass is 35.5. The summed E-state index contributed by atoms with van der Waals surface area (Å²) in [5.74, 6) is -0.478. The molecule has 1 aromatic carbocycles. The molecule has 4 rings (SSSR count). The number of benzene rings is 1. The van der Waals surface area contributed by atoms with Crippen molar-refractivity contribution >= 4 is 27.6 Å². The van der Waals surface area contributed by atoms with Gasteiger partial charge in [-0.2, -0.15) is 9.40 Å². The maximum atomic E-state index is 13.3. The van der Waals surface area contributed by atoms with E-state index in [1.807, 2.05) is 0 Å². The highest BCUT2D eigenvalue weighted by Crippen LogP contribution is 2.38. The van der Waals surface area contributed by atoms with E-state index in [0.29, 0.717) is 18.6 Å². The minimum absolute atomic E-state index is 0.101. The zero-order valence-electron chi connectivity index (χ0n) is 17.3. The van der Waals surface area contributed by atoms with Crippen molar-refractivity contribution < 1.29 is 23.1 Å². The number of hydrogen-bond donors (Lipinski definition) is 1. The van der Waals surface area contributed by atoms with Crippen LogP contribution in [-0.4, -0.2) is 46.7 Å². The normalized spacial score (nSPS) is 19.5. The van der Waals surface area contributed by atoms with Crippen LogP contribution >= 0.6 is 11.6 Å². The van der Waals surface area contributed by atoms with Gasteiger partial charge in [0, 0.05) is 18.3 Å². The fraction of sp³-hybridized carbons (Fsp3) is 0.524. The van der Waals surface area contributed by atoms with E-state index >= 15 is 0 Å². The molecule has 2 aromatic rings. The molecule has 1 saturated carbocycles. The summed E-state index contributed by atoms with van der Waals surface area (Å²) in [5, 5.41) is 13.5. The van der Waals surface area contributed by atoms with Crippen LogP contribution in [0.1, 0.15) is 55.8 Å². The Balaban J connectivity index is 1.57. The van der Waals surface area contributed by atoms with Crippen molar-refractivity contribution in [3.05, 3.63) is 40.7 Å². The summed E-state index contributed by atoms with van der Waals surface area (Å²) in [7, 11) is -2.28. The molecular weight excluding hydrogens is 442 g/mol. The van der Waals surface area contributed by atoms with Gasteiger partial charge in [0.2, 0.25) is 10.0 Å². The monoisotopic (exact) mass is 467 g/mol. The molecule has 0 spiro atoms. The zero-order valence-corrected chi connectivity index (χ0v) is 18.9.